The molecule has 0 spiro atoms. The number of carbonyl (C=O) groups excluding carboxylic acids is 2. The van der Waals surface area contributed by atoms with Gasteiger partial charge in [-0.3, -0.25) is 4.79 Å². The van der Waals surface area contributed by atoms with Crippen molar-refractivity contribution in [1.82, 2.24) is 5.32 Å². The average molecular weight is 351 g/mol. The van der Waals surface area contributed by atoms with Crippen molar-refractivity contribution in [2.24, 2.45) is 23.2 Å². The molecule has 0 radical (unpaired) electrons. The van der Waals surface area contributed by atoms with Crippen molar-refractivity contribution >= 4 is 12.1 Å². The van der Waals surface area contributed by atoms with E-state index in [9.17, 15) is 9.59 Å². The third-order valence-electron chi connectivity index (χ3n) is 5.28. The molecule has 2 unspecified atom stereocenters. The number of ether oxygens (including phenoxy) is 2. The van der Waals surface area contributed by atoms with Crippen LogP contribution in [-0.2, 0) is 14.3 Å². The highest BCUT2D eigenvalue weighted by Gasteiger charge is 2.60. The molecular weight excluding hydrogens is 318 g/mol. The lowest BCUT2D eigenvalue weighted by molar-refractivity contribution is -0.168. The Balaban J connectivity index is 2.08. The molecule has 0 aromatic heterocycles. The van der Waals surface area contributed by atoms with E-state index in [0.717, 1.165) is 6.42 Å². The summed E-state index contributed by atoms with van der Waals surface area (Å²) in [7, 11) is 0. The van der Waals surface area contributed by atoms with Gasteiger partial charge in [0.2, 0.25) is 0 Å². The monoisotopic (exact) mass is 351 g/mol. The van der Waals surface area contributed by atoms with Gasteiger partial charge in [0.1, 0.15) is 11.2 Å². The van der Waals surface area contributed by atoms with E-state index in [1.165, 1.54) is 0 Å². The predicted molar refractivity (Wildman–Crippen MR) is 97.0 cm³/mol. The summed E-state index contributed by atoms with van der Waals surface area (Å²) in [4.78, 5) is 24.6. The Hall–Kier alpha value is -1.52. The second kappa shape index (κ2) is 6.65. The van der Waals surface area contributed by atoms with Gasteiger partial charge in [-0.15, -0.1) is 0 Å². The first kappa shape index (κ1) is 19.8. The van der Waals surface area contributed by atoms with Crippen molar-refractivity contribution in [3.63, 3.8) is 0 Å². The van der Waals surface area contributed by atoms with Crippen LogP contribution in [0, 0.1) is 23.2 Å². The van der Waals surface area contributed by atoms with E-state index in [0.29, 0.717) is 30.7 Å². The van der Waals surface area contributed by atoms with Crippen molar-refractivity contribution in [2.75, 3.05) is 6.54 Å². The van der Waals surface area contributed by atoms with E-state index < -0.39 is 17.3 Å². The van der Waals surface area contributed by atoms with E-state index in [1.54, 1.807) is 0 Å². The van der Waals surface area contributed by atoms with Gasteiger partial charge < -0.3 is 14.8 Å². The minimum absolute atomic E-state index is 0.205. The molecule has 1 N–H and O–H groups in total. The number of hydrogen-bond donors (Lipinski definition) is 1. The molecule has 0 aromatic rings. The molecule has 1 fully saturated rings. The summed E-state index contributed by atoms with van der Waals surface area (Å²) in [6.07, 6.45) is 5.32. The van der Waals surface area contributed by atoms with Gasteiger partial charge in [-0.25, -0.2) is 4.79 Å². The highest BCUT2D eigenvalue weighted by Crippen LogP contribution is 2.62. The van der Waals surface area contributed by atoms with Gasteiger partial charge in [-0.2, -0.15) is 0 Å². The molecule has 2 aliphatic rings. The van der Waals surface area contributed by atoms with Crippen LogP contribution < -0.4 is 5.32 Å². The third kappa shape index (κ3) is 4.56. The molecule has 142 valence electrons. The van der Waals surface area contributed by atoms with E-state index in [2.05, 4.69) is 24.4 Å². The Labute approximate surface area is 151 Å². The molecule has 0 saturated heterocycles. The first-order chi connectivity index (χ1) is 11.3. The summed E-state index contributed by atoms with van der Waals surface area (Å²) in [5.41, 5.74) is -1.34. The maximum Gasteiger partial charge on any atom is 0.407 e. The summed E-state index contributed by atoms with van der Waals surface area (Å²) >= 11 is 0. The molecule has 5 heteroatoms. The van der Waals surface area contributed by atoms with Crippen LogP contribution in [0.15, 0.2) is 12.2 Å². The van der Waals surface area contributed by atoms with Crippen LogP contribution in [0.2, 0.25) is 0 Å². The van der Waals surface area contributed by atoms with Gasteiger partial charge in [0.05, 0.1) is 6.42 Å². The molecule has 2 rings (SSSR count). The fourth-order valence-electron chi connectivity index (χ4n) is 4.23. The van der Waals surface area contributed by atoms with Gasteiger partial charge in [-0.05, 0) is 65.7 Å². The van der Waals surface area contributed by atoms with E-state index in [1.807, 2.05) is 41.5 Å². The lowest BCUT2D eigenvalue weighted by Gasteiger charge is -2.58. The van der Waals surface area contributed by atoms with Crippen LogP contribution in [0.5, 0.6) is 0 Å². The summed E-state index contributed by atoms with van der Waals surface area (Å²) in [5.74, 6) is 1.01. The normalized spacial score (nSPS) is 31.1. The smallest absolute Gasteiger partial charge is 0.407 e. The van der Waals surface area contributed by atoms with Crippen LogP contribution in [-0.4, -0.2) is 29.8 Å². The Morgan fingerprint density at radius 2 is 1.72 bits per heavy atom. The topological polar surface area (TPSA) is 64.6 Å². The third-order valence-corrected chi connectivity index (χ3v) is 5.28. The number of fused-ring (bicyclic) bond motifs is 1. The molecule has 2 aliphatic carbocycles. The Kier molecular flexibility index (Phi) is 5.27. The van der Waals surface area contributed by atoms with Gasteiger partial charge in [-0.1, -0.05) is 19.1 Å². The van der Waals surface area contributed by atoms with Crippen LogP contribution in [0.3, 0.4) is 0 Å². The van der Waals surface area contributed by atoms with Crippen molar-refractivity contribution in [2.45, 2.75) is 72.5 Å². The summed E-state index contributed by atoms with van der Waals surface area (Å²) in [5, 5.41) is 2.89. The van der Waals surface area contributed by atoms with E-state index >= 15 is 0 Å². The summed E-state index contributed by atoms with van der Waals surface area (Å²) in [6.45, 7) is 13.7. The molecule has 0 heterocycles. The molecule has 1 amide bonds. The van der Waals surface area contributed by atoms with Crippen molar-refractivity contribution < 1.29 is 19.1 Å². The number of hydrogen-bond acceptors (Lipinski definition) is 4. The predicted octanol–water partition coefficient (Wildman–Crippen LogP) is 4.07. The van der Waals surface area contributed by atoms with Gasteiger partial charge in [0.15, 0.2) is 0 Å². The number of nitrogens with one attached hydrogen (secondary N) is 1. The summed E-state index contributed by atoms with van der Waals surface area (Å²) in [6, 6.07) is 0. The lowest BCUT2D eigenvalue weighted by Crippen LogP contribution is -2.60. The van der Waals surface area contributed by atoms with Crippen LogP contribution in [0.1, 0.15) is 61.3 Å². The van der Waals surface area contributed by atoms with Crippen molar-refractivity contribution in [3.8, 4) is 0 Å². The second-order valence-corrected chi connectivity index (χ2v) is 9.49. The highest BCUT2D eigenvalue weighted by atomic mass is 16.6. The zero-order chi connectivity index (χ0) is 19.0. The first-order valence-corrected chi connectivity index (χ1v) is 9.19. The molecule has 0 bridgehead atoms. The molecule has 1 saturated carbocycles. The number of allylic oxidation sites excluding steroid dienone is 2. The van der Waals surface area contributed by atoms with Gasteiger partial charge >= 0.3 is 12.1 Å². The number of rotatable bonds is 4. The fourth-order valence-corrected chi connectivity index (χ4v) is 4.23. The number of amides is 1. The maximum atomic E-state index is 12.5. The Morgan fingerprint density at radius 3 is 2.28 bits per heavy atom. The Morgan fingerprint density at radius 1 is 1.12 bits per heavy atom. The van der Waals surface area contributed by atoms with E-state index in [4.69, 9.17) is 9.47 Å². The van der Waals surface area contributed by atoms with Crippen molar-refractivity contribution in [1.29, 1.82) is 0 Å². The summed E-state index contributed by atoms with van der Waals surface area (Å²) < 4.78 is 10.9. The average Bonchev–Trinajstić information content (AvgIpc) is 2.85. The molecular formula is C20H33NO4. The molecule has 0 aliphatic heterocycles. The number of alkyl carbamates (subject to hydrolysis) is 1. The van der Waals surface area contributed by atoms with Crippen LogP contribution in [0.25, 0.3) is 0 Å². The molecule has 5 nitrogen and oxygen atoms in total. The fraction of sp³-hybridized carbons (Fsp3) is 0.800. The number of carbonyl (C=O) groups is 2. The lowest BCUT2D eigenvalue weighted by atomic mass is 9.47. The van der Waals surface area contributed by atoms with Crippen LogP contribution >= 0.6 is 0 Å². The Bertz CT molecular complexity index is 555. The molecule has 0 aromatic carbocycles. The number of esters is 1. The zero-order valence-corrected chi connectivity index (χ0v) is 16.6. The van der Waals surface area contributed by atoms with Gasteiger partial charge in [0.25, 0.3) is 0 Å². The van der Waals surface area contributed by atoms with Crippen molar-refractivity contribution in [3.05, 3.63) is 12.2 Å². The zero-order valence-electron chi connectivity index (χ0n) is 16.6. The van der Waals surface area contributed by atoms with Crippen LogP contribution in [0.4, 0.5) is 4.79 Å². The van der Waals surface area contributed by atoms with Gasteiger partial charge in [0, 0.05) is 12.0 Å². The maximum absolute atomic E-state index is 12.5. The first-order valence-electron chi connectivity index (χ1n) is 9.19. The second-order valence-electron chi connectivity index (χ2n) is 9.49. The molecule has 4 atom stereocenters. The SMILES string of the molecule is CC1[C@H]2CC=C[C@H]2C1(CNC(=O)OC(C)(C)C)CC(=O)OC(C)(C)C. The standard InChI is InChI=1S/C20H33NO4/c1-13-14-9-8-10-15(14)20(13,11-16(22)24-18(2,3)4)12-21-17(23)25-19(5,6)7/h8,10,13-15H,9,11-12H2,1-7H3,(H,21,23)/t13?,14-,15-,20?/m1/s1. The quantitative estimate of drug-likeness (QED) is 0.612. The largest absolute Gasteiger partial charge is 0.460 e. The molecule has 25 heavy (non-hydrogen) atoms. The highest BCUT2D eigenvalue weighted by molar-refractivity contribution is 5.72. The minimum atomic E-state index is -0.538. The van der Waals surface area contributed by atoms with E-state index in [-0.39, 0.29) is 11.4 Å². The minimum Gasteiger partial charge on any atom is -0.460 e.